The average Bonchev–Trinajstić information content (AvgIpc) is 2.45. The van der Waals surface area contributed by atoms with Crippen molar-refractivity contribution in [2.24, 2.45) is 0 Å². The number of aliphatic hydroxyl groups is 1. The van der Waals surface area contributed by atoms with Crippen molar-refractivity contribution in [2.45, 2.75) is 11.3 Å². The van der Waals surface area contributed by atoms with Crippen LogP contribution in [0.1, 0.15) is 6.42 Å². The fraction of sp³-hybridized carbons (Fsp3) is 0.538. The first-order valence-corrected chi connectivity index (χ1v) is 8.86. The summed E-state index contributed by atoms with van der Waals surface area (Å²) in [6.45, 7) is 3.43. The van der Waals surface area contributed by atoms with Gasteiger partial charge in [0.2, 0.25) is 10.0 Å². The van der Waals surface area contributed by atoms with Gasteiger partial charge in [-0.25, -0.2) is 8.42 Å². The zero-order valence-electron chi connectivity index (χ0n) is 11.2. The molecule has 1 N–H and O–H groups in total. The number of benzene rings is 1. The summed E-state index contributed by atoms with van der Waals surface area (Å²) in [5.41, 5.74) is 0. The second-order valence-corrected chi connectivity index (χ2v) is 7.63. The smallest absolute Gasteiger partial charge is 0.243 e. The Labute approximate surface area is 128 Å². The largest absolute Gasteiger partial charge is 0.396 e. The van der Waals surface area contributed by atoms with E-state index in [1.54, 1.807) is 18.2 Å². The fourth-order valence-electron chi connectivity index (χ4n) is 2.26. The van der Waals surface area contributed by atoms with Crippen LogP contribution in [-0.2, 0) is 10.0 Å². The molecule has 20 heavy (non-hydrogen) atoms. The molecule has 112 valence electrons. The molecule has 1 fully saturated rings. The number of nitrogens with zero attached hydrogens (tertiary/aromatic N) is 2. The predicted molar refractivity (Wildman–Crippen MR) is 81.0 cm³/mol. The van der Waals surface area contributed by atoms with Crippen LogP contribution in [0.25, 0.3) is 0 Å². The Morgan fingerprint density at radius 2 is 1.90 bits per heavy atom. The second kappa shape index (κ2) is 7.00. The lowest BCUT2D eigenvalue weighted by Gasteiger charge is -2.33. The van der Waals surface area contributed by atoms with E-state index in [1.165, 1.54) is 4.31 Å². The van der Waals surface area contributed by atoms with Crippen LogP contribution in [0.2, 0.25) is 0 Å². The molecule has 1 heterocycles. The fourth-order valence-corrected chi connectivity index (χ4v) is 4.28. The Bertz CT molecular complexity index is 542. The average molecular weight is 363 g/mol. The van der Waals surface area contributed by atoms with Crippen molar-refractivity contribution in [2.75, 3.05) is 39.3 Å². The van der Waals surface area contributed by atoms with E-state index < -0.39 is 10.0 Å². The minimum atomic E-state index is -3.40. The minimum absolute atomic E-state index is 0.177. The van der Waals surface area contributed by atoms with Gasteiger partial charge in [0.15, 0.2) is 0 Å². The number of aliphatic hydroxyl groups excluding tert-OH is 1. The van der Waals surface area contributed by atoms with E-state index in [4.69, 9.17) is 5.11 Å². The van der Waals surface area contributed by atoms with Crippen molar-refractivity contribution in [1.29, 1.82) is 0 Å². The van der Waals surface area contributed by atoms with Gasteiger partial charge in [-0.2, -0.15) is 4.31 Å². The van der Waals surface area contributed by atoms with Crippen LogP contribution in [0.5, 0.6) is 0 Å². The molecule has 1 saturated heterocycles. The van der Waals surface area contributed by atoms with Gasteiger partial charge < -0.3 is 10.0 Å². The number of sulfonamides is 1. The van der Waals surface area contributed by atoms with Gasteiger partial charge in [-0.3, -0.25) is 0 Å². The Morgan fingerprint density at radius 1 is 1.20 bits per heavy atom. The highest BCUT2D eigenvalue weighted by Gasteiger charge is 2.28. The van der Waals surface area contributed by atoms with E-state index in [-0.39, 0.29) is 6.61 Å². The van der Waals surface area contributed by atoms with Crippen LogP contribution >= 0.6 is 15.9 Å². The zero-order chi connectivity index (χ0) is 14.6. The van der Waals surface area contributed by atoms with Crippen molar-refractivity contribution in [3.63, 3.8) is 0 Å². The molecule has 0 atom stereocenters. The summed E-state index contributed by atoms with van der Waals surface area (Å²) >= 11 is 3.30. The summed E-state index contributed by atoms with van der Waals surface area (Å²) in [4.78, 5) is 2.51. The highest BCUT2D eigenvalue weighted by atomic mass is 79.9. The van der Waals surface area contributed by atoms with E-state index in [0.29, 0.717) is 31.1 Å². The van der Waals surface area contributed by atoms with Gasteiger partial charge in [-0.15, -0.1) is 0 Å². The molecule has 0 bridgehead atoms. The summed E-state index contributed by atoms with van der Waals surface area (Å²) in [6.07, 6.45) is 0.735. The van der Waals surface area contributed by atoms with E-state index >= 15 is 0 Å². The summed E-state index contributed by atoms with van der Waals surface area (Å²) in [5, 5.41) is 8.82. The number of hydrogen-bond donors (Lipinski definition) is 1. The van der Waals surface area contributed by atoms with Gasteiger partial charge in [-0.1, -0.05) is 22.0 Å². The monoisotopic (exact) mass is 362 g/mol. The predicted octanol–water partition coefficient (Wildman–Crippen LogP) is 1.14. The molecule has 7 heteroatoms. The van der Waals surface area contributed by atoms with E-state index in [1.807, 2.05) is 6.07 Å². The van der Waals surface area contributed by atoms with E-state index in [0.717, 1.165) is 17.4 Å². The highest BCUT2D eigenvalue weighted by molar-refractivity contribution is 9.10. The molecule has 1 aromatic rings. The van der Waals surface area contributed by atoms with Crippen molar-refractivity contribution >= 4 is 26.0 Å². The van der Waals surface area contributed by atoms with Gasteiger partial charge in [0.05, 0.1) is 4.90 Å². The lowest BCUT2D eigenvalue weighted by molar-refractivity contribution is 0.171. The first-order chi connectivity index (χ1) is 9.54. The molecule has 1 aromatic carbocycles. The maximum atomic E-state index is 12.5. The summed E-state index contributed by atoms with van der Waals surface area (Å²) in [7, 11) is -3.40. The number of halogens is 1. The Hall–Kier alpha value is -0.470. The van der Waals surface area contributed by atoms with Gasteiger partial charge in [0.25, 0.3) is 0 Å². The molecule has 1 aliphatic heterocycles. The second-order valence-electron chi connectivity index (χ2n) is 4.78. The van der Waals surface area contributed by atoms with Gasteiger partial charge >= 0.3 is 0 Å². The van der Waals surface area contributed by atoms with Crippen LogP contribution in [0.4, 0.5) is 0 Å². The molecule has 0 spiro atoms. The maximum Gasteiger partial charge on any atom is 0.243 e. The molecule has 0 radical (unpaired) electrons. The number of hydrogen-bond acceptors (Lipinski definition) is 4. The van der Waals surface area contributed by atoms with Crippen LogP contribution in [0, 0.1) is 0 Å². The van der Waals surface area contributed by atoms with Gasteiger partial charge in [-0.05, 0) is 24.6 Å². The highest BCUT2D eigenvalue weighted by Crippen LogP contribution is 2.21. The van der Waals surface area contributed by atoms with Crippen LogP contribution < -0.4 is 0 Å². The molecule has 1 aliphatic rings. The lowest BCUT2D eigenvalue weighted by atomic mass is 10.3. The van der Waals surface area contributed by atoms with Crippen molar-refractivity contribution < 1.29 is 13.5 Å². The Kier molecular flexibility index (Phi) is 5.57. The Balaban J connectivity index is 2.02. The van der Waals surface area contributed by atoms with E-state index in [9.17, 15) is 8.42 Å². The number of piperazine rings is 1. The van der Waals surface area contributed by atoms with Crippen molar-refractivity contribution in [3.05, 3.63) is 28.7 Å². The zero-order valence-corrected chi connectivity index (χ0v) is 13.6. The molecule has 2 rings (SSSR count). The summed E-state index contributed by atoms with van der Waals surface area (Å²) < 4.78 is 27.3. The lowest BCUT2D eigenvalue weighted by Crippen LogP contribution is -2.48. The quantitative estimate of drug-likeness (QED) is 0.852. The Morgan fingerprint density at radius 3 is 2.50 bits per heavy atom. The standard InChI is InChI=1S/C13H19BrN2O3S/c14-12-3-1-4-13(11-12)20(18,19)16-8-6-15(7-9-16)5-2-10-17/h1,3-4,11,17H,2,5-10H2. The molecule has 0 aliphatic carbocycles. The first kappa shape index (κ1) is 15.9. The molecule has 0 unspecified atom stereocenters. The van der Waals surface area contributed by atoms with Gasteiger partial charge in [0.1, 0.15) is 0 Å². The molecular formula is C13H19BrN2O3S. The SMILES string of the molecule is O=S(=O)(c1cccc(Br)c1)N1CCN(CCCO)CC1. The third-order valence-corrected chi connectivity index (χ3v) is 5.79. The summed E-state index contributed by atoms with van der Waals surface area (Å²) in [6, 6.07) is 6.80. The first-order valence-electron chi connectivity index (χ1n) is 6.63. The molecule has 0 amide bonds. The molecular weight excluding hydrogens is 344 g/mol. The van der Waals surface area contributed by atoms with Crippen LogP contribution in [-0.4, -0.2) is 62.1 Å². The minimum Gasteiger partial charge on any atom is -0.396 e. The van der Waals surface area contributed by atoms with Crippen molar-refractivity contribution in [3.8, 4) is 0 Å². The van der Waals surface area contributed by atoms with Crippen LogP contribution in [0.15, 0.2) is 33.6 Å². The maximum absolute atomic E-state index is 12.5. The number of rotatable bonds is 5. The molecule has 5 nitrogen and oxygen atoms in total. The topological polar surface area (TPSA) is 60.9 Å². The third-order valence-electron chi connectivity index (χ3n) is 3.40. The van der Waals surface area contributed by atoms with Crippen molar-refractivity contribution in [1.82, 2.24) is 9.21 Å². The normalized spacial score (nSPS) is 18.3. The summed E-state index contributed by atoms with van der Waals surface area (Å²) in [5.74, 6) is 0. The van der Waals surface area contributed by atoms with E-state index in [2.05, 4.69) is 20.8 Å². The third kappa shape index (κ3) is 3.79. The van der Waals surface area contributed by atoms with Gasteiger partial charge in [0, 0.05) is 43.8 Å². The molecule has 0 saturated carbocycles. The molecule has 0 aromatic heterocycles. The van der Waals surface area contributed by atoms with Crippen LogP contribution in [0.3, 0.4) is 0 Å².